The zero-order valence-electron chi connectivity index (χ0n) is 15.2. The van der Waals surface area contributed by atoms with Crippen LogP contribution in [-0.4, -0.2) is 30.2 Å². The summed E-state index contributed by atoms with van der Waals surface area (Å²) in [5.74, 6) is 0.278. The van der Waals surface area contributed by atoms with Crippen molar-refractivity contribution >= 4 is 12.0 Å². The monoisotopic (exact) mass is 329 g/mol. The molecule has 1 saturated carbocycles. The van der Waals surface area contributed by atoms with Crippen molar-refractivity contribution in [1.29, 1.82) is 5.26 Å². The third-order valence-electron chi connectivity index (χ3n) is 4.72. The quantitative estimate of drug-likeness (QED) is 0.617. The number of aryl methyl sites for hydroxylation is 1. The summed E-state index contributed by atoms with van der Waals surface area (Å²) < 4.78 is 7.41. The van der Waals surface area contributed by atoms with Gasteiger partial charge >= 0.3 is 0 Å². The Kier molecular flexibility index (Phi) is 5.84. The van der Waals surface area contributed by atoms with E-state index in [2.05, 4.69) is 16.8 Å². The molecule has 130 valence electrons. The fraction of sp³-hybridized carbons (Fsp3) is 0.579. The predicted molar refractivity (Wildman–Crippen MR) is 94.4 cm³/mol. The van der Waals surface area contributed by atoms with Crippen LogP contribution in [0.15, 0.2) is 11.6 Å². The minimum absolute atomic E-state index is 0.128. The van der Waals surface area contributed by atoms with Crippen LogP contribution < -0.4 is 5.32 Å². The first-order valence-electron chi connectivity index (χ1n) is 8.49. The van der Waals surface area contributed by atoms with Crippen molar-refractivity contribution in [2.75, 3.05) is 13.7 Å². The van der Waals surface area contributed by atoms with E-state index in [1.54, 1.807) is 13.2 Å². The normalized spacial score (nSPS) is 17.2. The number of rotatable bonds is 7. The van der Waals surface area contributed by atoms with Gasteiger partial charge in [-0.25, -0.2) is 0 Å². The van der Waals surface area contributed by atoms with Crippen molar-refractivity contribution in [1.82, 2.24) is 9.88 Å². The Morgan fingerprint density at radius 3 is 2.71 bits per heavy atom. The fourth-order valence-electron chi connectivity index (χ4n) is 3.25. The number of hydrogen-bond donors (Lipinski definition) is 1. The van der Waals surface area contributed by atoms with Crippen molar-refractivity contribution in [2.45, 2.75) is 52.6 Å². The van der Waals surface area contributed by atoms with Gasteiger partial charge in [0, 0.05) is 24.5 Å². The molecule has 1 heterocycles. The van der Waals surface area contributed by atoms with Gasteiger partial charge in [0.2, 0.25) is 0 Å². The molecule has 0 aromatic carbocycles. The Hall–Kier alpha value is -2.06. The van der Waals surface area contributed by atoms with E-state index in [1.165, 1.54) is 0 Å². The Morgan fingerprint density at radius 2 is 2.17 bits per heavy atom. The molecular formula is C19H27N3O2. The molecule has 0 saturated heterocycles. The topological polar surface area (TPSA) is 67.0 Å². The number of ether oxygens (including phenoxy) is 1. The molecule has 1 aromatic heterocycles. The molecule has 0 aliphatic heterocycles. The van der Waals surface area contributed by atoms with Crippen LogP contribution in [0.3, 0.4) is 0 Å². The largest absolute Gasteiger partial charge is 0.383 e. The number of aromatic nitrogens is 1. The van der Waals surface area contributed by atoms with Gasteiger partial charge in [0.15, 0.2) is 0 Å². The van der Waals surface area contributed by atoms with Gasteiger partial charge < -0.3 is 14.6 Å². The summed E-state index contributed by atoms with van der Waals surface area (Å²) >= 11 is 0. The number of carbonyl (C=O) groups excluding carboxylic acids is 1. The molecule has 0 radical (unpaired) electrons. The maximum atomic E-state index is 12.3. The van der Waals surface area contributed by atoms with Crippen LogP contribution in [0.2, 0.25) is 0 Å². The van der Waals surface area contributed by atoms with E-state index >= 15 is 0 Å². The van der Waals surface area contributed by atoms with Crippen molar-refractivity contribution in [3.05, 3.63) is 28.6 Å². The molecule has 0 bridgehead atoms. The van der Waals surface area contributed by atoms with Gasteiger partial charge in [0.25, 0.3) is 5.91 Å². The molecule has 1 fully saturated rings. The second-order valence-electron chi connectivity index (χ2n) is 6.77. The third kappa shape index (κ3) is 4.07. The van der Waals surface area contributed by atoms with E-state index in [4.69, 9.17) is 4.74 Å². The predicted octanol–water partition coefficient (Wildman–Crippen LogP) is 3.13. The molecule has 1 N–H and O–H groups in total. The summed E-state index contributed by atoms with van der Waals surface area (Å²) in [4.78, 5) is 12.3. The van der Waals surface area contributed by atoms with E-state index < -0.39 is 0 Å². The lowest BCUT2D eigenvalue weighted by atomic mass is 10.1. The Morgan fingerprint density at radius 1 is 1.50 bits per heavy atom. The second-order valence-corrected chi connectivity index (χ2v) is 6.77. The minimum Gasteiger partial charge on any atom is -0.383 e. The van der Waals surface area contributed by atoms with E-state index in [0.717, 1.165) is 29.8 Å². The lowest BCUT2D eigenvalue weighted by molar-refractivity contribution is -0.117. The molecule has 1 aliphatic carbocycles. The molecule has 5 heteroatoms. The number of nitriles is 1. The van der Waals surface area contributed by atoms with Gasteiger partial charge in [0.05, 0.1) is 12.6 Å². The van der Waals surface area contributed by atoms with Gasteiger partial charge in [-0.2, -0.15) is 5.26 Å². The Bertz CT molecular complexity index is 678. The van der Waals surface area contributed by atoms with E-state index in [1.807, 2.05) is 32.9 Å². The third-order valence-corrected chi connectivity index (χ3v) is 4.72. The summed E-state index contributed by atoms with van der Waals surface area (Å²) in [7, 11) is 1.69. The van der Waals surface area contributed by atoms with Crippen molar-refractivity contribution in [2.24, 2.45) is 5.92 Å². The number of nitrogens with one attached hydrogen (secondary N) is 1. The Balaban J connectivity index is 2.22. The highest BCUT2D eigenvalue weighted by Gasteiger charge is 2.29. The molecule has 5 nitrogen and oxygen atoms in total. The SMILES string of the molecule is COCC(C)n1c(C)cc(/C=C(\C#N)C(=O)NC(C)C2CC2)c1C. The lowest BCUT2D eigenvalue weighted by Gasteiger charge is -2.17. The minimum atomic E-state index is -0.286. The number of hydrogen-bond acceptors (Lipinski definition) is 3. The lowest BCUT2D eigenvalue weighted by Crippen LogP contribution is -2.34. The fourth-order valence-corrected chi connectivity index (χ4v) is 3.25. The number of nitrogens with zero attached hydrogens (tertiary/aromatic N) is 2. The highest BCUT2D eigenvalue weighted by molar-refractivity contribution is 6.02. The molecule has 2 unspecified atom stereocenters. The average Bonchev–Trinajstić information content (AvgIpc) is 3.32. The van der Waals surface area contributed by atoms with Crippen LogP contribution >= 0.6 is 0 Å². The van der Waals surface area contributed by atoms with Crippen LogP contribution in [0.4, 0.5) is 0 Å². The standard InChI is InChI=1S/C19H27N3O2/c1-12-8-17(15(4)22(12)13(2)11-24-5)9-18(10-20)19(23)21-14(3)16-6-7-16/h8-9,13-14,16H,6-7,11H2,1-5H3,(H,21,23)/b18-9+. The first-order valence-corrected chi connectivity index (χ1v) is 8.49. The van der Waals surface area contributed by atoms with Crippen molar-refractivity contribution in [3.8, 4) is 6.07 Å². The zero-order chi connectivity index (χ0) is 17.9. The summed E-state index contributed by atoms with van der Waals surface area (Å²) in [6, 6.07) is 4.38. The average molecular weight is 329 g/mol. The van der Waals surface area contributed by atoms with Gasteiger partial charge in [0.1, 0.15) is 11.6 Å². The first kappa shape index (κ1) is 18.3. The summed E-state index contributed by atoms with van der Waals surface area (Å²) in [6.07, 6.45) is 4.00. The highest BCUT2D eigenvalue weighted by Crippen LogP contribution is 2.32. The summed E-state index contributed by atoms with van der Waals surface area (Å²) in [6.45, 7) is 8.74. The Labute approximate surface area is 144 Å². The molecular weight excluding hydrogens is 302 g/mol. The highest BCUT2D eigenvalue weighted by atomic mass is 16.5. The maximum absolute atomic E-state index is 12.3. The molecule has 24 heavy (non-hydrogen) atoms. The van der Waals surface area contributed by atoms with Gasteiger partial charge in [-0.3, -0.25) is 4.79 Å². The van der Waals surface area contributed by atoms with E-state index in [0.29, 0.717) is 12.5 Å². The van der Waals surface area contributed by atoms with Crippen molar-refractivity contribution in [3.63, 3.8) is 0 Å². The summed E-state index contributed by atoms with van der Waals surface area (Å²) in [5.41, 5.74) is 3.18. The van der Waals surface area contributed by atoms with Gasteiger partial charge in [-0.05, 0) is 64.2 Å². The number of methoxy groups -OCH3 is 1. The molecule has 2 rings (SSSR count). The molecule has 1 amide bonds. The number of carbonyl (C=O) groups is 1. The van der Waals surface area contributed by atoms with Crippen LogP contribution in [0, 0.1) is 31.1 Å². The second kappa shape index (κ2) is 7.67. The van der Waals surface area contributed by atoms with Crippen LogP contribution in [0.25, 0.3) is 6.08 Å². The molecule has 2 atom stereocenters. The maximum Gasteiger partial charge on any atom is 0.262 e. The van der Waals surface area contributed by atoms with Crippen LogP contribution in [0.1, 0.15) is 49.7 Å². The van der Waals surface area contributed by atoms with Crippen molar-refractivity contribution < 1.29 is 9.53 Å². The molecule has 0 spiro atoms. The molecule has 1 aromatic rings. The first-order chi connectivity index (χ1) is 11.4. The van der Waals surface area contributed by atoms with Crippen LogP contribution in [-0.2, 0) is 9.53 Å². The summed E-state index contributed by atoms with van der Waals surface area (Å²) in [5, 5.41) is 12.3. The van der Waals surface area contributed by atoms with Gasteiger partial charge in [-0.1, -0.05) is 0 Å². The number of amides is 1. The van der Waals surface area contributed by atoms with Crippen LogP contribution in [0.5, 0.6) is 0 Å². The van der Waals surface area contributed by atoms with E-state index in [-0.39, 0.29) is 23.6 Å². The van der Waals surface area contributed by atoms with Gasteiger partial charge in [-0.15, -0.1) is 0 Å². The molecule has 1 aliphatic rings. The smallest absolute Gasteiger partial charge is 0.262 e. The van der Waals surface area contributed by atoms with E-state index in [9.17, 15) is 10.1 Å². The zero-order valence-corrected chi connectivity index (χ0v) is 15.2.